The highest BCUT2D eigenvalue weighted by Crippen LogP contribution is 2.40. The lowest BCUT2D eigenvalue weighted by atomic mass is 9.74. The molecule has 2 nitrogen and oxygen atoms in total. The van der Waals surface area contributed by atoms with Crippen molar-refractivity contribution in [3.63, 3.8) is 0 Å². The lowest BCUT2D eigenvalue weighted by molar-refractivity contribution is 0.128. The predicted octanol–water partition coefficient (Wildman–Crippen LogP) is 2.50. The fraction of sp³-hybridized carbons (Fsp3) is 0.500. The van der Waals surface area contributed by atoms with Crippen LogP contribution in [-0.2, 0) is 0 Å². The second-order valence-corrected chi connectivity index (χ2v) is 4.70. The maximum atomic E-state index is 13.5. The lowest BCUT2D eigenvalue weighted by Gasteiger charge is -2.46. The molecule has 0 aromatic heterocycles. The van der Waals surface area contributed by atoms with E-state index in [0.29, 0.717) is 5.75 Å². The number of benzene rings is 1. The minimum Gasteiger partial charge on any atom is -0.494 e. The van der Waals surface area contributed by atoms with Crippen LogP contribution in [0.25, 0.3) is 0 Å². The fourth-order valence-electron chi connectivity index (χ4n) is 2.04. The van der Waals surface area contributed by atoms with E-state index in [1.807, 2.05) is 6.07 Å². The molecule has 0 radical (unpaired) electrons. The number of rotatable bonds is 2. The van der Waals surface area contributed by atoms with Crippen molar-refractivity contribution in [1.29, 1.82) is 0 Å². The standard InChI is InChI=1S/C12H16FNO/c1-12(2)7-14-11(12)8-4-5-10(15-3)9(13)6-8/h4-6,11,14H,7H2,1-3H3. The van der Waals surface area contributed by atoms with Gasteiger partial charge in [0.05, 0.1) is 7.11 Å². The molecule has 1 N–H and O–H groups in total. The van der Waals surface area contributed by atoms with E-state index in [1.54, 1.807) is 12.1 Å². The molecule has 0 spiro atoms. The molecule has 15 heavy (non-hydrogen) atoms. The average Bonchev–Trinajstić information content (AvgIpc) is 2.17. The zero-order valence-electron chi connectivity index (χ0n) is 9.30. The van der Waals surface area contributed by atoms with Crippen LogP contribution >= 0.6 is 0 Å². The maximum Gasteiger partial charge on any atom is 0.165 e. The summed E-state index contributed by atoms with van der Waals surface area (Å²) in [5.41, 5.74) is 1.20. The van der Waals surface area contributed by atoms with Gasteiger partial charge in [-0.2, -0.15) is 0 Å². The Kier molecular flexibility index (Phi) is 2.43. The van der Waals surface area contributed by atoms with Gasteiger partial charge in [0.15, 0.2) is 11.6 Å². The molecular formula is C12H16FNO. The number of ether oxygens (including phenoxy) is 1. The van der Waals surface area contributed by atoms with E-state index in [2.05, 4.69) is 19.2 Å². The van der Waals surface area contributed by atoms with E-state index in [9.17, 15) is 4.39 Å². The van der Waals surface area contributed by atoms with Crippen molar-refractivity contribution in [2.45, 2.75) is 19.9 Å². The zero-order chi connectivity index (χ0) is 11.1. The van der Waals surface area contributed by atoms with Crippen LogP contribution < -0.4 is 10.1 Å². The Morgan fingerprint density at radius 1 is 1.47 bits per heavy atom. The average molecular weight is 209 g/mol. The molecule has 1 aromatic carbocycles. The second-order valence-electron chi connectivity index (χ2n) is 4.70. The van der Waals surface area contributed by atoms with Crippen LogP contribution in [0.3, 0.4) is 0 Å². The van der Waals surface area contributed by atoms with E-state index in [0.717, 1.165) is 12.1 Å². The van der Waals surface area contributed by atoms with Gasteiger partial charge in [0, 0.05) is 12.6 Å². The summed E-state index contributed by atoms with van der Waals surface area (Å²) in [5.74, 6) is 0.00961. The van der Waals surface area contributed by atoms with E-state index >= 15 is 0 Å². The van der Waals surface area contributed by atoms with Gasteiger partial charge in [-0.1, -0.05) is 19.9 Å². The maximum absolute atomic E-state index is 13.5. The SMILES string of the molecule is COc1ccc(C2NCC2(C)C)cc1F. The highest BCUT2D eigenvalue weighted by atomic mass is 19.1. The first-order valence-corrected chi connectivity index (χ1v) is 5.11. The van der Waals surface area contributed by atoms with Crippen molar-refractivity contribution < 1.29 is 9.13 Å². The minimum atomic E-state index is -0.292. The molecular weight excluding hydrogens is 193 g/mol. The van der Waals surface area contributed by atoms with Gasteiger partial charge in [-0.15, -0.1) is 0 Å². The summed E-state index contributed by atoms with van der Waals surface area (Å²) in [6.45, 7) is 5.33. The molecule has 1 heterocycles. The number of methoxy groups -OCH3 is 1. The fourth-order valence-corrected chi connectivity index (χ4v) is 2.04. The van der Waals surface area contributed by atoms with Crippen LogP contribution in [-0.4, -0.2) is 13.7 Å². The van der Waals surface area contributed by atoms with Crippen molar-refractivity contribution in [3.8, 4) is 5.75 Å². The molecule has 1 unspecified atom stereocenters. The van der Waals surface area contributed by atoms with Crippen LogP contribution in [0.5, 0.6) is 5.75 Å². The van der Waals surface area contributed by atoms with Crippen molar-refractivity contribution in [2.75, 3.05) is 13.7 Å². The summed E-state index contributed by atoms with van der Waals surface area (Å²) >= 11 is 0. The van der Waals surface area contributed by atoms with Gasteiger partial charge in [-0.25, -0.2) is 4.39 Å². The first-order valence-electron chi connectivity index (χ1n) is 5.11. The largest absolute Gasteiger partial charge is 0.494 e. The predicted molar refractivity (Wildman–Crippen MR) is 57.5 cm³/mol. The third kappa shape index (κ3) is 1.72. The Morgan fingerprint density at radius 3 is 2.60 bits per heavy atom. The topological polar surface area (TPSA) is 21.3 Å². The van der Waals surface area contributed by atoms with Gasteiger partial charge in [0.25, 0.3) is 0 Å². The number of hydrogen-bond acceptors (Lipinski definition) is 2. The summed E-state index contributed by atoms with van der Waals surface area (Å²) in [4.78, 5) is 0. The van der Waals surface area contributed by atoms with Crippen LogP contribution in [0, 0.1) is 11.2 Å². The van der Waals surface area contributed by atoms with E-state index in [4.69, 9.17) is 4.74 Å². The Hall–Kier alpha value is -1.09. The smallest absolute Gasteiger partial charge is 0.165 e. The van der Waals surface area contributed by atoms with Gasteiger partial charge in [-0.3, -0.25) is 0 Å². The third-order valence-corrected chi connectivity index (χ3v) is 3.05. The summed E-state index contributed by atoms with van der Waals surface area (Å²) in [7, 11) is 1.48. The van der Waals surface area contributed by atoms with Crippen LogP contribution in [0.15, 0.2) is 18.2 Å². The van der Waals surface area contributed by atoms with Crippen LogP contribution in [0.4, 0.5) is 4.39 Å². The zero-order valence-corrected chi connectivity index (χ0v) is 9.30. The molecule has 1 aliphatic rings. The van der Waals surface area contributed by atoms with E-state index < -0.39 is 0 Å². The first-order chi connectivity index (χ1) is 7.04. The molecule has 1 aromatic rings. The van der Waals surface area contributed by atoms with Gasteiger partial charge in [-0.05, 0) is 23.1 Å². The summed E-state index contributed by atoms with van der Waals surface area (Å²) in [6.07, 6.45) is 0. The molecule has 0 bridgehead atoms. The molecule has 0 saturated carbocycles. The number of halogens is 1. The van der Waals surface area contributed by atoms with Crippen molar-refractivity contribution in [2.24, 2.45) is 5.41 Å². The van der Waals surface area contributed by atoms with Crippen molar-refractivity contribution in [3.05, 3.63) is 29.6 Å². The molecule has 3 heteroatoms. The van der Waals surface area contributed by atoms with E-state index in [-0.39, 0.29) is 17.3 Å². The van der Waals surface area contributed by atoms with Gasteiger partial charge in [0.1, 0.15) is 0 Å². The van der Waals surface area contributed by atoms with Gasteiger partial charge >= 0.3 is 0 Å². The molecule has 1 atom stereocenters. The molecule has 0 amide bonds. The Morgan fingerprint density at radius 2 is 2.20 bits per heavy atom. The molecule has 1 aliphatic heterocycles. The lowest BCUT2D eigenvalue weighted by Crippen LogP contribution is -2.52. The normalized spacial score (nSPS) is 23.3. The molecule has 82 valence electrons. The minimum absolute atomic E-state index is 0.209. The Balaban J connectivity index is 2.27. The molecule has 1 saturated heterocycles. The number of nitrogens with one attached hydrogen (secondary N) is 1. The number of hydrogen-bond donors (Lipinski definition) is 1. The summed E-state index contributed by atoms with van der Waals surface area (Å²) in [5, 5.41) is 3.31. The van der Waals surface area contributed by atoms with Crippen LogP contribution in [0.2, 0.25) is 0 Å². The first kappa shape index (κ1) is 10.4. The summed E-state index contributed by atoms with van der Waals surface area (Å²) < 4.78 is 18.4. The quantitative estimate of drug-likeness (QED) is 0.808. The highest BCUT2D eigenvalue weighted by molar-refractivity contribution is 5.33. The summed E-state index contributed by atoms with van der Waals surface area (Å²) in [6, 6.07) is 5.40. The third-order valence-electron chi connectivity index (χ3n) is 3.05. The van der Waals surface area contributed by atoms with Gasteiger partial charge < -0.3 is 10.1 Å². The van der Waals surface area contributed by atoms with Gasteiger partial charge in [0.2, 0.25) is 0 Å². The molecule has 2 rings (SSSR count). The monoisotopic (exact) mass is 209 g/mol. The van der Waals surface area contributed by atoms with Crippen molar-refractivity contribution >= 4 is 0 Å². The molecule has 1 fully saturated rings. The Labute approximate surface area is 89.4 Å². The second kappa shape index (κ2) is 3.49. The highest BCUT2D eigenvalue weighted by Gasteiger charge is 2.39. The van der Waals surface area contributed by atoms with Crippen molar-refractivity contribution in [1.82, 2.24) is 5.32 Å². The van der Waals surface area contributed by atoms with E-state index in [1.165, 1.54) is 7.11 Å². The molecule has 0 aliphatic carbocycles. The van der Waals surface area contributed by atoms with Crippen LogP contribution in [0.1, 0.15) is 25.5 Å². The Bertz CT molecular complexity index is 376.